The second-order valence-electron chi connectivity index (χ2n) is 7.36. The number of aromatic nitrogens is 3. The second kappa shape index (κ2) is 10.5. The van der Waals surface area contributed by atoms with E-state index < -0.39 is 0 Å². The number of anilines is 2. The number of ether oxygens (including phenoxy) is 2. The Bertz CT molecular complexity index is 1040. The molecular weight excluding hydrogens is 408 g/mol. The number of hydrazine groups is 1. The van der Waals surface area contributed by atoms with Gasteiger partial charge in [0.15, 0.2) is 0 Å². The van der Waals surface area contributed by atoms with E-state index in [1.165, 1.54) is 0 Å². The molecule has 0 saturated carbocycles. The van der Waals surface area contributed by atoms with E-state index in [0.29, 0.717) is 51.2 Å². The third kappa shape index (κ3) is 5.92. The van der Waals surface area contributed by atoms with Gasteiger partial charge in [-0.1, -0.05) is 18.2 Å². The summed E-state index contributed by atoms with van der Waals surface area (Å²) in [5.41, 5.74) is 8.63. The van der Waals surface area contributed by atoms with Crippen LogP contribution in [0.3, 0.4) is 0 Å². The summed E-state index contributed by atoms with van der Waals surface area (Å²) in [5, 5.41) is 0. The van der Waals surface area contributed by atoms with Crippen molar-refractivity contribution >= 4 is 17.5 Å². The molecule has 1 saturated heterocycles. The number of aryl methyl sites for hydroxylation is 1. The molecule has 4 rings (SSSR count). The van der Waals surface area contributed by atoms with Crippen LogP contribution in [0.25, 0.3) is 0 Å². The first-order valence-electron chi connectivity index (χ1n) is 10.5. The van der Waals surface area contributed by atoms with Crippen LogP contribution in [0.1, 0.15) is 21.7 Å². The summed E-state index contributed by atoms with van der Waals surface area (Å²) in [6.45, 7) is 4.86. The quantitative estimate of drug-likeness (QED) is 0.521. The van der Waals surface area contributed by atoms with Crippen LogP contribution < -0.4 is 20.5 Å². The largest absolute Gasteiger partial charge is 0.477 e. The fourth-order valence-corrected chi connectivity index (χ4v) is 3.23. The van der Waals surface area contributed by atoms with E-state index >= 15 is 0 Å². The fraction of sp³-hybridized carbons (Fsp3) is 0.304. The summed E-state index contributed by atoms with van der Waals surface area (Å²) in [5.74, 6) is 0.417. The molecule has 0 spiro atoms. The van der Waals surface area contributed by atoms with Gasteiger partial charge in [0.1, 0.15) is 5.69 Å². The Morgan fingerprint density at radius 3 is 2.78 bits per heavy atom. The summed E-state index contributed by atoms with van der Waals surface area (Å²) in [6, 6.07) is 15.0. The molecule has 0 atom stereocenters. The molecule has 166 valence electrons. The van der Waals surface area contributed by atoms with Crippen LogP contribution in [0.15, 0.2) is 54.7 Å². The number of nitrogens with zero attached hydrogens (tertiary/aromatic N) is 4. The highest BCUT2D eigenvalue weighted by Crippen LogP contribution is 2.18. The number of rotatable bonds is 8. The van der Waals surface area contributed by atoms with Crippen molar-refractivity contribution in [2.24, 2.45) is 0 Å². The minimum absolute atomic E-state index is 0.217. The third-order valence-corrected chi connectivity index (χ3v) is 4.89. The Morgan fingerprint density at radius 2 is 2.00 bits per heavy atom. The molecular formula is C23H26N6O3. The number of carbonyl (C=O) groups excluding carboxylic acids is 1. The van der Waals surface area contributed by atoms with Crippen molar-refractivity contribution in [1.29, 1.82) is 0 Å². The lowest BCUT2D eigenvalue weighted by atomic mass is 10.2. The lowest BCUT2D eigenvalue weighted by molar-refractivity contribution is 0.0956. The lowest BCUT2D eigenvalue weighted by Gasteiger charge is -2.27. The summed E-state index contributed by atoms with van der Waals surface area (Å²) >= 11 is 0. The maximum absolute atomic E-state index is 12.8. The molecule has 1 aromatic carbocycles. The van der Waals surface area contributed by atoms with E-state index in [1.54, 1.807) is 12.3 Å². The smallest absolute Gasteiger partial charge is 0.288 e. The highest BCUT2D eigenvalue weighted by atomic mass is 16.5. The zero-order valence-corrected chi connectivity index (χ0v) is 18.0. The zero-order chi connectivity index (χ0) is 22.2. The molecule has 2 N–H and O–H groups in total. The van der Waals surface area contributed by atoms with Gasteiger partial charge >= 0.3 is 0 Å². The van der Waals surface area contributed by atoms with Gasteiger partial charge in [0.05, 0.1) is 25.5 Å². The van der Waals surface area contributed by atoms with E-state index in [9.17, 15) is 4.79 Å². The van der Waals surface area contributed by atoms with Gasteiger partial charge in [-0.2, -0.15) is 4.98 Å². The molecule has 0 unspecified atom stereocenters. The van der Waals surface area contributed by atoms with Crippen LogP contribution in [0.5, 0.6) is 5.88 Å². The monoisotopic (exact) mass is 434 g/mol. The van der Waals surface area contributed by atoms with Gasteiger partial charge in [0.25, 0.3) is 5.91 Å². The Labute approximate surface area is 186 Å². The molecule has 1 fully saturated rings. The van der Waals surface area contributed by atoms with Gasteiger partial charge in [-0.05, 0) is 36.8 Å². The Hall–Kier alpha value is -3.72. The Kier molecular flexibility index (Phi) is 7.08. The number of hydrogen-bond acceptors (Lipinski definition) is 8. The highest BCUT2D eigenvalue weighted by Gasteiger charge is 2.19. The summed E-state index contributed by atoms with van der Waals surface area (Å²) in [7, 11) is 0. The van der Waals surface area contributed by atoms with Crippen LogP contribution in [0.2, 0.25) is 0 Å². The van der Waals surface area contributed by atoms with Gasteiger partial charge in [0.2, 0.25) is 11.8 Å². The average Bonchev–Trinajstić information content (AvgIpc) is 2.84. The first kappa shape index (κ1) is 21.5. The van der Waals surface area contributed by atoms with Gasteiger partial charge < -0.3 is 14.4 Å². The SMILES string of the molecule is Cc1cccc(NNC(=O)c2cc(OCCc3ccccn3)nc(N3CCOCC3)n2)c1. The molecule has 0 bridgehead atoms. The van der Waals surface area contributed by atoms with E-state index in [-0.39, 0.29) is 11.6 Å². The average molecular weight is 435 g/mol. The highest BCUT2D eigenvalue weighted by molar-refractivity contribution is 5.93. The predicted molar refractivity (Wildman–Crippen MR) is 121 cm³/mol. The number of morpholine rings is 1. The van der Waals surface area contributed by atoms with Crippen LogP contribution in [-0.2, 0) is 11.2 Å². The van der Waals surface area contributed by atoms with Crippen LogP contribution in [-0.4, -0.2) is 53.8 Å². The van der Waals surface area contributed by atoms with E-state index in [4.69, 9.17) is 9.47 Å². The normalized spacial score (nSPS) is 13.5. The summed E-state index contributed by atoms with van der Waals surface area (Å²) in [4.78, 5) is 28.1. The van der Waals surface area contributed by atoms with Gasteiger partial charge in [-0.15, -0.1) is 0 Å². The van der Waals surface area contributed by atoms with Crippen LogP contribution >= 0.6 is 0 Å². The number of nitrogens with one attached hydrogen (secondary N) is 2. The van der Waals surface area contributed by atoms with Crippen molar-refractivity contribution in [3.63, 3.8) is 0 Å². The minimum atomic E-state index is -0.377. The first-order valence-corrected chi connectivity index (χ1v) is 10.5. The maximum Gasteiger partial charge on any atom is 0.288 e. The summed E-state index contributed by atoms with van der Waals surface area (Å²) in [6.07, 6.45) is 2.38. The zero-order valence-electron chi connectivity index (χ0n) is 18.0. The van der Waals surface area contributed by atoms with Crippen molar-refractivity contribution in [2.45, 2.75) is 13.3 Å². The van der Waals surface area contributed by atoms with Crippen molar-refractivity contribution in [1.82, 2.24) is 20.4 Å². The number of pyridine rings is 1. The van der Waals surface area contributed by atoms with Gasteiger partial charge in [-0.25, -0.2) is 4.98 Å². The number of amides is 1. The van der Waals surface area contributed by atoms with Crippen LogP contribution in [0.4, 0.5) is 11.6 Å². The standard InChI is InChI=1S/C23H26N6O3/c1-17-5-4-7-19(15-17)27-28-22(30)20-16-21(32-12-8-18-6-2-3-9-24-18)26-23(25-20)29-10-13-31-14-11-29/h2-7,9,15-16,27H,8,10-14H2,1H3,(H,28,30). The van der Waals surface area contributed by atoms with Gasteiger partial charge in [0, 0.05) is 37.5 Å². The first-order chi connectivity index (χ1) is 15.7. The van der Waals surface area contributed by atoms with Crippen molar-refractivity contribution in [3.05, 3.63) is 71.7 Å². The molecule has 9 heteroatoms. The molecule has 1 aliphatic rings. The van der Waals surface area contributed by atoms with Gasteiger partial charge in [-0.3, -0.25) is 20.6 Å². The van der Waals surface area contributed by atoms with E-state index in [2.05, 4.69) is 25.8 Å². The van der Waals surface area contributed by atoms with E-state index in [0.717, 1.165) is 16.9 Å². The molecule has 0 radical (unpaired) electrons. The molecule has 1 aliphatic heterocycles. The van der Waals surface area contributed by atoms with Crippen LogP contribution in [0, 0.1) is 6.92 Å². The molecule has 1 amide bonds. The number of hydrogen-bond donors (Lipinski definition) is 2. The van der Waals surface area contributed by atoms with E-state index in [1.807, 2.05) is 54.3 Å². The Balaban J connectivity index is 1.47. The lowest BCUT2D eigenvalue weighted by Crippen LogP contribution is -2.38. The van der Waals surface area contributed by atoms with Crippen molar-refractivity contribution < 1.29 is 14.3 Å². The second-order valence-corrected chi connectivity index (χ2v) is 7.36. The van der Waals surface area contributed by atoms with Crippen molar-refractivity contribution in [3.8, 4) is 5.88 Å². The van der Waals surface area contributed by atoms with Crippen molar-refractivity contribution in [2.75, 3.05) is 43.2 Å². The number of benzene rings is 1. The molecule has 2 aromatic heterocycles. The third-order valence-electron chi connectivity index (χ3n) is 4.89. The Morgan fingerprint density at radius 1 is 1.12 bits per heavy atom. The topological polar surface area (TPSA) is 102 Å². The molecule has 32 heavy (non-hydrogen) atoms. The molecule has 0 aliphatic carbocycles. The predicted octanol–water partition coefficient (Wildman–Crippen LogP) is 2.40. The fourth-order valence-electron chi connectivity index (χ4n) is 3.23. The summed E-state index contributed by atoms with van der Waals surface area (Å²) < 4.78 is 11.3. The maximum atomic E-state index is 12.8. The molecule has 3 heterocycles. The number of carbonyl (C=O) groups is 1. The molecule has 3 aromatic rings. The minimum Gasteiger partial charge on any atom is -0.477 e. The molecule has 9 nitrogen and oxygen atoms in total.